The van der Waals surface area contributed by atoms with Gasteiger partial charge in [0.2, 0.25) is 0 Å². The molecular formula is C26H36N4O3. The largest absolute Gasteiger partial charge is 0.444 e. The molecule has 3 N–H and O–H groups in total. The number of hydrogen-bond donors (Lipinski definition) is 3. The second-order valence-electron chi connectivity index (χ2n) is 9.40. The molecule has 0 bridgehead atoms. The summed E-state index contributed by atoms with van der Waals surface area (Å²) in [6, 6.07) is 14.6. The zero-order chi connectivity index (χ0) is 23.7. The first-order valence-corrected chi connectivity index (χ1v) is 11.7. The number of nitrogens with zero attached hydrogens (tertiary/aromatic N) is 1. The van der Waals surface area contributed by atoms with E-state index >= 15 is 0 Å². The molecule has 178 valence electrons. The van der Waals surface area contributed by atoms with Crippen molar-refractivity contribution in [1.82, 2.24) is 10.2 Å². The quantitative estimate of drug-likeness (QED) is 0.473. The van der Waals surface area contributed by atoms with E-state index in [1.165, 1.54) is 25.9 Å². The molecule has 0 spiro atoms. The lowest BCUT2D eigenvalue weighted by atomic mass is 10.1. The number of nitrogens with one attached hydrogen (secondary N) is 3. The highest BCUT2D eigenvalue weighted by molar-refractivity contribution is 6.06. The Morgan fingerprint density at radius 3 is 2.21 bits per heavy atom. The molecule has 2 aromatic rings. The summed E-state index contributed by atoms with van der Waals surface area (Å²) in [6.45, 7) is 10.8. The summed E-state index contributed by atoms with van der Waals surface area (Å²) >= 11 is 0. The molecule has 2 amide bonds. The summed E-state index contributed by atoms with van der Waals surface area (Å²) < 4.78 is 5.30. The fraction of sp³-hybridized carbons (Fsp3) is 0.462. The average Bonchev–Trinajstić information content (AvgIpc) is 3.27. The fourth-order valence-corrected chi connectivity index (χ4v) is 3.75. The van der Waals surface area contributed by atoms with Crippen LogP contribution in [-0.2, 0) is 11.3 Å². The molecule has 0 aromatic heterocycles. The molecule has 7 nitrogen and oxygen atoms in total. The van der Waals surface area contributed by atoms with Crippen molar-refractivity contribution >= 4 is 23.4 Å². The lowest BCUT2D eigenvalue weighted by molar-refractivity contribution is 0.0635. The fourth-order valence-electron chi connectivity index (χ4n) is 3.75. The van der Waals surface area contributed by atoms with Crippen LogP contribution in [0.5, 0.6) is 0 Å². The zero-order valence-electron chi connectivity index (χ0n) is 19.9. The molecule has 3 rings (SSSR count). The van der Waals surface area contributed by atoms with Gasteiger partial charge in [-0.15, -0.1) is 0 Å². The van der Waals surface area contributed by atoms with Crippen molar-refractivity contribution in [2.24, 2.45) is 0 Å². The van der Waals surface area contributed by atoms with Gasteiger partial charge in [-0.2, -0.15) is 0 Å². The Morgan fingerprint density at radius 2 is 1.58 bits per heavy atom. The number of anilines is 2. The molecule has 1 saturated heterocycles. The number of likely N-dealkylation sites (tertiary alicyclic amines) is 1. The Morgan fingerprint density at radius 1 is 0.939 bits per heavy atom. The highest BCUT2D eigenvalue weighted by atomic mass is 16.6. The van der Waals surface area contributed by atoms with Crippen LogP contribution >= 0.6 is 0 Å². The number of carbonyl (C=O) groups excluding carboxylic acids is 2. The minimum Gasteiger partial charge on any atom is -0.444 e. The zero-order valence-corrected chi connectivity index (χ0v) is 19.9. The van der Waals surface area contributed by atoms with Crippen LogP contribution in [0.25, 0.3) is 0 Å². The molecule has 0 saturated carbocycles. The number of para-hydroxylation sites is 2. The van der Waals surface area contributed by atoms with E-state index in [1.54, 1.807) is 45.0 Å². The second kappa shape index (κ2) is 11.8. The van der Waals surface area contributed by atoms with Crippen molar-refractivity contribution in [3.05, 3.63) is 59.7 Å². The molecule has 0 atom stereocenters. The summed E-state index contributed by atoms with van der Waals surface area (Å²) in [5, 5.41) is 9.05. The van der Waals surface area contributed by atoms with E-state index in [0.29, 0.717) is 16.9 Å². The number of benzene rings is 2. The SMILES string of the molecule is CC(C)(C)OC(=O)Nc1ccccc1NC(=O)c1ccc(CNCCCN2CCCC2)cc1. The van der Waals surface area contributed by atoms with Crippen molar-refractivity contribution in [3.63, 3.8) is 0 Å². The number of ether oxygens (including phenoxy) is 1. The van der Waals surface area contributed by atoms with Gasteiger partial charge in [-0.25, -0.2) is 4.79 Å². The molecule has 1 heterocycles. The maximum atomic E-state index is 12.7. The van der Waals surface area contributed by atoms with Gasteiger partial charge in [0.1, 0.15) is 5.60 Å². The molecule has 2 aromatic carbocycles. The minimum atomic E-state index is -0.604. The second-order valence-corrected chi connectivity index (χ2v) is 9.40. The Bertz CT molecular complexity index is 916. The molecule has 1 aliphatic rings. The highest BCUT2D eigenvalue weighted by Crippen LogP contribution is 2.23. The molecule has 0 radical (unpaired) electrons. The van der Waals surface area contributed by atoms with E-state index in [0.717, 1.165) is 31.6 Å². The van der Waals surface area contributed by atoms with Crippen LogP contribution in [0.2, 0.25) is 0 Å². The maximum Gasteiger partial charge on any atom is 0.412 e. The molecule has 0 aliphatic carbocycles. The first kappa shape index (κ1) is 24.7. The van der Waals surface area contributed by atoms with Gasteiger partial charge >= 0.3 is 6.09 Å². The highest BCUT2D eigenvalue weighted by Gasteiger charge is 2.18. The Hall–Kier alpha value is -2.90. The summed E-state index contributed by atoms with van der Waals surface area (Å²) in [7, 11) is 0. The maximum absolute atomic E-state index is 12.7. The average molecular weight is 453 g/mol. The van der Waals surface area contributed by atoms with E-state index in [9.17, 15) is 9.59 Å². The standard InChI is InChI=1S/C26H36N4O3/c1-26(2,3)33-25(32)29-23-10-5-4-9-22(23)28-24(31)21-13-11-20(12-14-21)19-27-15-8-18-30-16-6-7-17-30/h4-5,9-14,27H,6-8,15-19H2,1-3H3,(H,28,31)(H,29,32). The number of rotatable bonds is 9. The number of carbonyl (C=O) groups is 2. The third kappa shape index (κ3) is 8.51. The van der Waals surface area contributed by atoms with E-state index in [4.69, 9.17) is 4.74 Å². The van der Waals surface area contributed by atoms with E-state index < -0.39 is 11.7 Å². The van der Waals surface area contributed by atoms with Gasteiger partial charge in [-0.05, 0) is 96.0 Å². The van der Waals surface area contributed by atoms with Crippen LogP contribution in [0, 0.1) is 0 Å². The van der Waals surface area contributed by atoms with Gasteiger partial charge in [0.15, 0.2) is 0 Å². The predicted molar refractivity (Wildman–Crippen MR) is 133 cm³/mol. The molecule has 1 aliphatic heterocycles. The van der Waals surface area contributed by atoms with Gasteiger partial charge in [0.25, 0.3) is 5.91 Å². The summed E-state index contributed by atoms with van der Waals surface area (Å²) in [5.74, 6) is -0.237. The molecule has 7 heteroatoms. The lowest BCUT2D eigenvalue weighted by Gasteiger charge is -2.20. The van der Waals surface area contributed by atoms with E-state index in [-0.39, 0.29) is 5.91 Å². The Balaban J connectivity index is 1.47. The third-order valence-electron chi connectivity index (χ3n) is 5.38. The Kier molecular flexibility index (Phi) is 8.86. The topological polar surface area (TPSA) is 82.7 Å². The molecule has 1 fully saturated rings. The van der Waals surface area contributed by atoms with Crippen molar-refractivity contribution < 1.29 is 14.3 Å². The van der Waals surface area contributed by atoms with Crippen LogP contribution in [0.3, 0.4) is 0 Å². The van der Waals surface area contributed by atoms with Crippen LogP contribution in [0.4, 0.5) is 16.2 Å². The molecule has 33 heavy (non-hydrogen) atoms. The number of hydrogen-bond acceptors (Lipinski definition) is 5. The first-order valence-electron chi connectivity index (χ1n) is 11.7. The van der Waals surface area contributed by atoms with Crippen LogP contribution in [0.1, 0.15) is 56.0 Å². The summed E-state index contributed by atoms with van der Waals surface area (Å²) in [6.07, 6.45) is 3.25. The van der Waals surface area contributed by atoms with Crippen molar-refractivity contribution in [3.8, 4) is 0 Å². The van der Waals surface area contributed by atoms with Crippen molar-refractivity contribution in [1.29, 1.82) is 0 Å². The van der Waals surface area contributed by atoms with E-state index in [2.05, 4.69) is 20.9 Å². The predicted octanol–water partition coefficient (Wildman–Crippen LogP) is 4.86. The molecular weight excluding hydrogens is 416 g/mol. The number of amides is 2. The van der Waals surface area contributed by atoms with Gasteiger partial charge in [0.05, 0.1) is 11.4 Å². The third-order valence-corrected chi connectivity index (χ3v) is 5.38. The van der Waals surface area contributed by atoms with Gasteiger partial charge in [-0.1, -0.05) is 24.3 Å². The minimum absolute atomic E-state index is 0.237. The summed E-state index contributed by atoms with van der Waals surface area (Å²) in [5.41, 5.74) is 2.08. The molecule has 0 unspecified atom stereocenters. The van der Waals surface area contributed by atoms with Crippen LogP contribution in [-0.4, -0.2) is 48.7 Å². The van der Waals surface area contributed by atoms with Crippen LogP contribution < -0.4 is 16.0 Å². The smallest absolute Gasteiger partial charge is 0.412 e. The summed E-state index contributed by atoms with van der Waals surface area (Å²) in [4.78, 5) is 27.4. The van der Waals surface area contributed by atoms with Gasteiger partial charge in [-0.3, -0.25) is 10.1 Å². The van der Waals surface area contributed by atoms with Crippen molar-refractivity contribution in [2.75, 3.05) is 36.8 Å². The Labute approximate surface area is 196 Å². The van der Waals surface area contributed by atoms with Gasteiger partial charge in [0, 0.05) is 12.1 Å². The van der Waals surface area contributed by atoms with Crippen molar-refractivity contribution in [2.45, 2.75) is 52.2 Å². The normalized spacial score (nSPS) is 14.2. The van der Waals surface area contributed by atoms with Gasteiger partial charge < -0.3 is 20.3 Å². The van der Waals surface area contributed by atoms with E-state index in [1.807, 2.05) is 24.3 Å². The first-order chi connectivity index (χ1) is 15.8. The monoisotopic (exact) mass is 452 g/mol. The van der Waals surface area contributed by atoms with Crippen LogP contribution in [0.15, 0.2) is 48.5 Å². The lowest BCUT2D eigenvalue weighted by Crippen LogP contribution is -2.27.